The van der Waals surface area contributed by atoms with Crippen LogP contribution in [0.4, 0.5) is 0 Å². The van der Waals surface area contributed by atoms with Crippen molar-refractivity contribution >= 4 is 23.1 Å². The predicted molar refractivity (Wildman–Crippen MR) is 131 cm³/mol. The van der Waals surface area contributed by atoms with Crippen molar-refractivity contribution in [3.05, 3.63) is 35.9 Å². The summed E-state index contributed by atoms with van der Waals surface area (Å²) in [6, 6.07) is 11.2. The van der Waals surface area contributed by atoms with E-state index in [9.17, 15) is 4.79 Å². The molecule has 1 aliphatic rings. The fourth-order valence-corrected chi connectivity index (χ4v) is 4.41. The van der Waals surface area contributed by atoms with Gasteiger partial charge in [0.25, 0.3) is 0 Å². The average Bonchev–Trinajstić information content (AvgIpc) is 2.64. The first-order valence-corrected chi connectivity index (χ1v) is 11.8. The SMILES string of the molecule is CC(C)(C)NC(=O)[C@@H](CC(=S)N[C@@H]1CCCC[C@H]1NCc1ccccc1)C(C)(C)C. The Morgan fingerprint density at radius 2 is 1.63 bits per heavy atom. The number of rotatable bonds is 7. The third kappa shape index (κ3) is 8.35. The van der Waals surface area contributed by atoms with Gasteiger partial charge in [-0.05, 0) is 44.6 Å². The van der Waals surface area contributed by atoms with E-state index in [-0.39, 0.29) is 22.8 Å². The Balaban J connectivity index is 1.97. The van der Waals surface area contributed by atoms with Crippen LogP contribution in [0.2, 0.25) is 0 Å². The molecule has 1 saturated carbocycles. The third-order valence-corrected chi connectivity index (χ3v) is 6.06. The van der Waals surface area contributed by atoms with Gasteiger partial charge in [0, 0.05) is 36.5 Å². The molecule has 3 N–H and O–H groups in total. The molecule has 5 heteroatoms. The second-order valence-electron chi connectivity index (χ2n) is 10.8. The molecule has 1 aromatic rings. The van der Waals surface area contributed by atoms with E-state index in [1.165, 1.54) is 18.4 Å². The van der Waals surface area contributed by atoms with Gasteiger partial charge in [0.1, 0.15) is 0 Å². The number of thiocarbonyl (C=S) groups is 1. The highest BCUT2D eigenvalue weighted by molar-refractivity contribution is 7.80. The normalized spacial score (nSPS) is 21.0. The maximum Gasteiger partial charge on any atom is 0.224 e. The first-order chi connectivity index (χ1) is 14.0. The molecule has 168 valence electrons. The largest absolute Gasteiger partial charge is 0.375 e. The van der Waals surface area contributed by atoms with E-state index < -0.39 is 0 Å². The maximum atomic E-state index is 12.9. The van der Waals surface area contributed by atoms with E-state index in [0.717, 1.165) is 24.4 Å². The van der Waals surface area contributed by atoms with Crippen LogP contribution in [0.1, 0.15) is 79.2 Å². The van der Waals surface area contributed by atoms with Gasteiger partial charge in [-0.15, -0.1) is 0 Å². The molecule has 0 saturated heterocycles. The van der Waals surface area contributed by atoms with Gasteiger partial charge in [-0.2, -0.15) is 0 Å². The minimum atomic E-state index is -0.245. The van der Waals surface area contributed by atoms with Gasteiger partial charge in [0.05, 0.1) is 4.99 Å². The summed E-state index contributed by atoms with van der Waals surface area (Å²) in [7, 11) is 0. The summed E-state index contributed by atoms with van der Waals surface area (Å²) < 4.78 is 0. The Bertz CT molecular complexity index is 691. The Morgan fingerprint density at radius 3 is 2.20 bits per heavy atom. The van der Waals surface area contributed by atoms with Crippen molar-refractivity contribution in [3.8, 4) is 0 Å². The summed E-state index contributed by atoms with van der Waals surface area (Å²) in [6.07, 6.45) is 5.32. The van der Waals surface area contributed by atoms with Crippen molar-refractivity contribution in [1.82, 2.24) is 16.0 Å². The van der Waals surface area contributed by atoms with Crippen LogP contribution < -0.4 is 16.0 Å². The molecule has 0 unspecified atom stereocenters. The van der Waals surface area contributed by atoms with Crippen molar-refractivity contribution in [3.63, 3.8) is 0 Å². The van der Waals surface area contributed by atoms with Gasteiger partial charge in [-0.3, -0.25) is 4.79 Å². The lowest BCUT2D eigenvalue weighted by molar-refractivity contribution is -0.129. The number of hydrogen-bond acceptors (Lipinski definition) is 3. The second-order valence-corrected chi connectivity index (χ2v) is 11.3. The molecule has 1 aromatic carbocycles. The van der Waals surface area contributed by atoms with E-state index in [1.54, 1.807) is 0 Å². The zero-order valence-corrected chi connectivity index (χ0v) is 20.5. The van der Waals surface area contributed by atoms with Gasteiger partial charge < -0.3 is 16.0 Å². The summed E-state index contributed by atoms with van der Waals surface area (Å²) in [5.41, 5.74) is 0.903. The summed E-state index contributed by atoms with van der Waals surface area (Å²) in [5, 5.41) is 10.5. The van der Waals surface area contributed by atoms with E-state index in [0.29, 0.717) is 18.5 Å². The summed E-state index contributed by atoms with van der Waals surface area (Å²) in [4.78, 5) is 13.7. The molecule has 0 spiro atoms. The van der Waals surface area contributed by atoms with Crippen molar-refractivity contribution in [1.29, 1.82) is 0 Å². The first kappa shape index (κ1) is 24.8. The van der Waals surface area contributed by atoms with E-state index in [4.69, 9.17) is 12.2 Å². The molecular formula is C25H41N3OS. The highest BCUT2D eigenvalue weighted by Gasteiger charge is 2.34. The lowest BCUT2D eigenvalue weighted by atomic mass is 9.77. The Labute approximate surface area is 189 Å². The van der Waals surface area contributed by atoms with Crippen molar-refractivity contribution < 1.29 is 4.79 Å². The Morgan fingerprint density at radius 1 is 1.03 bits per heavy atom. The fraction of sp³-hybridized carbons (Fsp3) is 0.680. The number of nitrogens with one attached hydrogen (secondary N) is 3. The Hall–Kier alpha value is -1.46. The van der Waals surface area contributed by atoms with Crippen LogP contribution in [0.3, 0.4) is 0 Å². The van der Waals surface area contributed by atoms with Crippen LogP contribution in [0, 0.1) is 11.3 Å². The minimum Gasteiger partial charge on any atom is -0.375 e. The van der Waals surface area contributed by atoms with Gasteiger partial charge >= 0.3 is 0 Å². The topological polar surface area (TPSA) is 53.2 Å². The van der Waals surface area contributed by atoms with Gasteiger partial charge in [-0.1, -0.05) is 76.2 Å². The maximum absolute atomic E-state index is 12.9. The molecule has 0 aliphatic heterocycles. The molecule has 0 heterocycles. The zero-order chi connectivity index (χ0) is 22.4. The number of carbonyl (C=O) groups is 1. The molecule has 3 atom stereocenters. The highest BCUT2D eigenvalue weighted by Crippen LogP contribution is 2.30. The molecular weight excluding hydrogens is 390 g/mol. The summed E-state index contributed by atoms with van der Waals surface area (Å²) >= 11 is 5.75. The smallest absolute Gasteiger partial charge is 0.224 e. The third-order valence-electron chi connectivity index (χ3n) is 5.77. The molecule has 1 aliphatic carbocycles. The van der Waals surface area contributed by atoms with Crippen LogP contribution in [-0.4, -0.2) is 28.5 Å². The monoisotopic (exact) mass is 431 g/mol. The van der Waals surface area contributed by atoms with Gasteiger partial charge in [-0.25, -0.2) is 0 Å². The van der Waals surface area contributed by atoms with Crippen LogP contribution in [0.15, 0.2) is 30.3 Å². The predicted octanol–water partition coefficient (Wildman–Crippen LogP) is 4.97. The second kappa shape index (κ2) is 10.7. The van der Waals surface area contributed by atoms with Crippen molar-refractivity contribution in [2.45, 2.75) is 97.8 Å². The van der Waals surface area contributed by atoms with Crippen LogP contribution in [0.25, 0.3) is 0 Å². The number of hydrogen-bond donors (Lipinski definition) is 3. The van der Waals surface area contributed by atoms with E-state index in [1.807, 2.05) is 26.8 Å². The van der Waals surface area contributed by atoms with Gasteiger partial charge in [0.2, 0.25) is 5.91 Å². The first-order valence-electron chi connectivity index (χ1n) is 11.3. The van der Waals surface area contributed by atoms with Crippen LogP contribution >= 0.6 is 12.2 Å². The van der Waals surface area contributed by atoms with Crippen LogP contribution in [0.5, 0.6) is 0 Å². The molecule has 0 aromatic heterocycles. The molecule has 30 heavy (non-hydrogen) atoms. The lowest BCUT2D eigenvalue weighted by Crippen LogP contribution is -2.52. The van der Waals surface area contributed by atoms with Crippen molar-refractivity contribution in [2.24, 2.45) is 11.3 Å². The van der Waals surface area contributed by atoms with Crippen molar-refractivity contribution in [2.75, 3.05) is 0 Å². The molecule has 2 rings (SSSR count). The van der Waals surface area contributed by atoms with Crippen LogP contribution in [-0.2, 0) is 11.3 Å². The standard InChI is InChI=1S/C25H41N3OS/c1-24(2,3)19(23(29)28-25(4,5)6)16-22(30)27-21-15-11-10-14-20(21)26-17-18-12-8-7-9-13-18/h7-9,12-13,19-21,26H,10-11,14-17H2,1-6H3,(H,27,30)(H,28,29)/t19-,20-,21-/m1/s1. The van der Waals surface area contributed by atoms with Gasteiger partial charge in [0.15, 0.2) is 0 Å². The highest BCUT2D eigenvalue weighted by atomic mass is 32.1. The number of benzene rings is 1. The number of amides is 1. The lowest BCUT2D eigenvalue weighted by Gasteiger charge is -2.36. The Kier molecular flexibility index (Phi) is 8.86. The number of carbonyl (C=O) groups excluding carboxylic acids is 1. The average molecular weight is 432 g/mol. The molecule has 1 amide bonds. The summed E-state index contributed by atoms with van der Waals surface area (Å²) in [6.45, 7) is 13.3. The molecule has 4 nitrogen and oxygen atoms in total. The quantitative estimate of drug-likeness (QED) is 0.534. The van der Waals surface area contributed by atoms with E-state index in [2.05, 4.69) is 61.0 Å². The summed E-state index contributed by atoms with van der Waals surface area (Å²) in [5.74, 6) is -0.0717. The molecule has 0 radical (unpaired) electrons. The van der Waals surface area contributed by atoms with E-state index >= 15 is 0 Å². The molecule has 0 bridgehead atoms. The fourth-order valence-electron chi connectivity index (χ4n) is 4.09. The molecule has 1 fully saturated rings. The minimum absolute atomic E-state index is 0.0848. The zero-order valence-electron chi connectivity index (χ0n) is 19.7.